The summed E-state index contributed by atoms with van der Waals surface area (Å²) < 4.78 is 68.6. The van der Waals surface area contributed by atoms with Gasteiger partial charge in [-0.15, -0.1) is 0 Å². The van der Waals surface area contributed by atoms with Crippen molar-refractivity contribution in [1.82, 2.24) is 0 Å². The molecule has 0 heterocycles. The van der Waals surface area contributed by atoms with Gasteiger partial charge in [0.25, 0.3) is 0 Å². The summed E-state index contributed by atoms with van der Waals surface area (Å²) in [5, 5.41) is 0. The Morgan fingerprint density at radius 2 is 0.353 bits per heavy atom. The van der Waals surface area contributed by atoms with Crippen LogP contribution in [0.5, 0.6) is 0 Å². The van der Waals surface area contributed by atoms with Gasteiger partial charge in [-0.25, -0.2) is 0 Å². The molecule has 0 rings (SSSR count). The zero-order valence-corrected chi connectivity index (χ0v) is 12.0. The number of hydrogen-bond acceptors (Lipinski definition) is 8. The molecular formula is H18Br2CoO14+6. The minimum absolute atomic E-state index is 0. The van der Waals surface area contributed by atoms with Gasteiger partial charge in [-0.2, -0.15) is 0 Å². The summed E-state index contributed by atoms with van der Waals surface area (Å²) in [6.07, 6.45) is 0. The fraction of sp³-hybridized carbons (Fsp3) is 0. The van der Waals surface area contributed by atoms with Crippen LogP contribution in [0.1, 0.15) is 0 Å². The van der Waals surface area contributed by atoms with Crippen molar-refractivity contribution in [2.45, 2.75) is 0 Å². The van der Waals surface area contributed by atoms with Crippen molar-refractivity contribution >= 4 is 0 Å². The summed E-state index contributed by atoms with van der Waals surface area (Å²) in [6.45, 7) is 0. The molecule has 17 heavy (non-hydrogen) atoms. The molecular weight excluding hydrogens is 443 g/mol. The predicted molar refractivity (Wildman–Crippen MR) is 29.2 cm³/mol. The van der Waals surface area contributed by atoms with Crippen molar-refractivity contribution in [3.05, 3.63) is 0 Å². The molecule has 14 nitrogen and oxygen atoms in total. The molecule has 0 saturated carbocycles. The van der Waals surface area contributed by atoms with E-state index in [0.717, 1.165) is 0 Å². The summed E-state index contributed by atoms with van der Waals surface area (Å²) in [5.74, 6) is 0. The van der Waals surface area contributed by atoms with Gasteiger partial charge in [-0.3, -0.25) is 33.6 Å². The third-order valence-electron chi connectivity index (χ3n) is 0. The van der Waals surface area contributed by atoms with E-state index in [4.69, 9.17) is 33.6 Å². The van der Waals surface area contributed by atoms with Gasteiger partial charge in [0.05, 0.1) is 28.2 Å². The molecule has 0 bridgehead atoms. The van der Waals surface area contributed by atoms with Crippen LogP contribution in [-0.4, -0.2) is 0 Å². The molecule has 1 radical (unpaired) electrons. The van der Waals surface area contributed by atoms with Crippen molar-refractivity contribution in [3.8, 4) is 0 Å². The van der Waals surface area contributed by atoms with E-state index in [1.54, 1.807) is 0 Å². The van der Waals surface area contributed by atoms with Crippen LogP contribution in [-0.2, 0) is 49.6 Å². The minimum atomic E-state index is -5.62. The van der Waals surface area contributed by atoms with Gasteiger partial charge in [-0.1, -0.05) is 0 Å². The van der Waals surface area contributed by atoms with Crippen LogP contribution in [0.2, 0.25) is 0 Å². The largest absolute Gasteiger partial charge is 2.00 e. The Balaban J connectivity index is -0.00000000762. The Labute approximate surface area is 111 Å². The molecule has 0 spiro atoms. The molecule has 0 unspecified atom stereocenters. The van der Waals surface area contributed by atoms with Crippen molar-refractivity contribution in [3.63, 3.8) is 0 Å². The molecule has 17 heteroatoms. The molecule has 0 aliphatic heterocycles. The summed E-state index contributed by atoms with van der Waals surface area (Å²) in [7, 11) is 0. The summed E-state index contributed by atoms with van der Waals surface area (Å²) in [4.78, 5) is 0. The van der Waals surface area contributed by atoms with Crippen molar-refractivity contribution in [2.75, 3.05) is 0 Å². The molecule has 0 atom stereocenters. The first-order valence-electron chi connectivity index (χ1n) is 1.23. The van der Waals surface area contributed by atoms with Crippen LogP contribution in [0.4, 0.5) is 0 Å². The van der Waals surface area contributed by atoms with E-state index in [1.807, 2.05) is 0 Å². The maximum Gasteiger partial charge on any atom is 2.00 e. The zero-order valence-electron chi connectivity index (χ0n) is 7.82. The molecule has 0 aliphatic rings. The molecule has 0 aromatic heterocycles. The fourth-order valence-electron chi connectivity index (χ4n) is 0. The third-order valence-corrected chi connectivity index (χ3v) is 0. The molecule has 0 aliphatic carbocycles. The minimum Gasteiger partial charge on any atom is -0.457 e. The Morgan fingerprint density at radius 1 is 0.353 bits per heavy atom. The Bertz CT molecular complexity index is 57.2. The smallest absolute Gasteiger partial charge is 0.457 e. The van der Waals surface area contributed by atoms with Crippen LogP contribution in [0.3, 0.4) is 0 Å². The van der Waals surface area contributed by atoms with Crippen LogP contribution in [0.25, 0.3) is 0 Å². The standard InChI is InChI=1S/2BrO4.Co.6H2O/c2*2-1(3,4)5;;;;;;;/h;;;6*1H2/q2*-1;+2;;;;;;/p+6. The van der Waals surface area contributed by atoms with Crippen LogP contribution < -0.4 is 33.6 Å². The second kappa shape index (κ2) is 25.7. The van der Waals surface area contributed by atoms with Gasteiger partial charge in [0.15, 0.2) is 0 Å². The number of rotatable bonds is 0. The molecule has 0 fully saturated rings. The average molecular weight is 461 g/mol. The first-order chi connectivity index (χ1) is 4.00. The van der Waals surface area contributed by atoms with E-state index in [1.165, 1.54) is 0 Å². The van der Waals surface area contributed by atoms with Gasteiger partial charge in [0, 0.05) is 0 Å². The summed E-state index contributed by atoms with van der Waals surface area (Å²) in [5.41, 5.74) is 0. The number of hydrogen-bond donors (Lipinski definition) is 0. The summed E-state index contributed by atoms with van der Waals surface area (Å²) in [6, 6.07) is 0. The molecule has 119 valence electrons. The van der Waals surface area contributed by atoms with Gasteiger partial charge in [0.1, 0.15) is 0 Å². The monoisotopic (exact) mass is 459 g/mol. The Hall–Kier alpha value is 0.906. The third kappa shape index (κ3) is 4570. The van der Waals surface area contributed by atoms with E-state index in [0.29, 0.717) is 0 Å². The summed E-state index contributed by atoms with van der Waals surface area (Å²) >= 11 is -11.2. The van der Waals surface area contributed by atoms with Crippen LogP contribution >= 0.6 is 0 Å². The number of halogens is 2. The Morgan fingerprint density at radius 3 is 0.353 bits per heavy atom. The second-order valence-corrected chi connectivity index (χ2v) is 3.93. The maximum absolute atomic E-state index is 8.58. The molecule has 18 N–H and O–H groups in total. The molecule has 0 saturated heterocycles. The Kier molecular flexibility index (Phi) is 97.5. The quantitative estimate of drug-likeness (QED) is 0.311. The fourth-order valence-corrected chi connectivity index (χ4v) is 0. The van der Waals surface area contributed by atoms with Crippen LogP contribution in [0.15, 0.2) is 0 Å². The molecule has 0 aromatic carbocycles. The van der Waals surface area contributed by atoms with Gasteiger partial charge in [0.2, 0.25) is 0 Å². The van der Waals surface area contributed by atoms with Crippen molar-refractivity contribution < 1.29 is 111 Å². The van der Waals surface area contributed by atoms with Gasteiger partial charge in [-0.05, 0) is 0 Å². The maximum atomic E-state index is 8.58. The van der Waals surface area contributed by atoms with E-state index >= 15 is 0 Å². The SMILES string of the molecule is [Co+2].[O-][Br+3]([O-])([O-])[O-].[O-][Br+3]([O-])([O-])[O-].[OH3+].[OH3+].[OH3+].[OH3+].[OH3+].[OH3+]. The van der Waals surface area contributed by atoms with Crippen molar-refractivity contribution in [2.24, 2.45) is 0 Å². The van der Waals surface area contributed by atoms with Gasteiger partial charge < -0.3 is 32.9 Å². The second-order valence-electron chi connectivity index (χ2n) is 0.756. The van der Waals surface area contributed by atoms with E-state index in [9.17, 15) is 0 Å². The average Bonchev–Trinajstić information content (AvgIpc) is 1.12. The van der Waals surface area contributed by atoms with Crippen LogP contribution in [0, 0.1) is 28.2 Å². The van der Waals surface area contributed by atoms with E-state index in [2.05, 4.69) is 0 Å². The predicted octanol–water partition coefficient (Wildman–Crippen LogP) is -15.0. The van der Waals surface area contributed by atoms with E-state index in [-0.39, 0.29) is 49.6 Å². The topological polar surface area (TPSA) is 382 Å². The normalized spacial score (nSPS) is 7.06. The van der Waals surface area contributed by atoms with E-state index < -0.39 is 28.2 Å². The van der Waals surface area contributed by atoms with Gasteiger partial charge >= 0.3 is 16.8 Å². The molecule has 0 aromatic rings. The first-order valence-corrected chi connectivity index (χ1v) is 6.41. The molecule has 0 amide bonds. The zero-order chi connectivity index (χ0) is 9.00. The first kappa shape index (κ1) is 64.5. The van der Waals surface area contributed by atoms with Crippen molar-refractivity contribution in [1.29, 1.82) is 0 Å².